The second-order valence-electron chi connectivity index (χ2n) is 3.99. The van der Waals surface area contributed by atoms with Crippen LogP contribution in [0.15, 0.2) is 10.2 Å². The van der Waals surface area contributed by atoms with Crippen molar-refractivity contribution in [3.8, 4) is 0 Å². The molecule has 0 atom stereocenters. The number of hydrogen-bond donors (Lipinski definition) is 1. The summed E-state index contributed by atoms with van der Waals surface area (Å²) in [6.45, 7) is 0. The van der Waals surface area contributed by atoms with E-state index in [4.69, 9.17) is 0 Å². The van der Waals surface area contributed by atoms with E-state index in [1.165, 1.54) is 25.7 Å². The van der Waals surface area contributed by atoms with Crippen molar-refractivity contribution in [2.75, 3.05) is 0 Å². The third-order valence-corrected chi connectivity index (χ3v) is 2.89. The highest BCUT2D eigenvalue weighted by molar-refractivity contribution is 4.84. The molecule has 0 bridgehead atoms. The summed E-state index contributed by atoms with van der Waals surface area (Å²) < 4.78 is 0. The molecule has 0 radical (unpaired) electrons. The van der Waals surface area contributed by atoms with Gasteiger partial charge in [0, 0.05) is 0 Å². The summed E-state index contributed by atoms with van der Waals surface area (Å²) in [5, 5.41) is 17.8. The van der Waals surface area contributed by atoms with Gasteiger partial charge in [-0.15, -0.1) is 0 Å². The van der Waals surface area contributed by atoms with E-state index in [2.05, 4.69) is 10.2 Å². The smallest absolute Gasteiger partial charge is 0.176 e. The van der Waals surface area contributed by atoms with Gasteiger partial charge in [0.15, 0.2) is 5.72 Å². The predicted octanol–water partition coefficient (Wildman–Crippen LogP) is 2.25. The molecule has 12 heavy (non-hydrogen) atoms. The summed E-state index contributed by atoms with van der Waals surface area (Å²) >= 11 is 0. The van der Waals surface area contributed by atoms with Crippen LogP contribution in [0.3, 0.4) is 0 Å². The van der Waals surface area contributed by atoms with Crippen LogP contribution in [-0.2, 0) is 0 Å². The Labute approximate surface area is 72.9 Å². The highest BCUT2D eigenvalue weighted by atomic mass is 16.3. The Morgan fingerprint density at radius 3 is 2.25 bits per heavy atom. The highest BCUT2D eigenvalue weighted by Crippen LogP contribution is 2.34. The molecule has 0 aromatic rings. The molecule has 2 aliphatic rings. The first-order valence-corrected chi connectivity index (χ1v) is 4.93. The highest BCUT2D eigenvalue weighted by Gasteiger charge is 2.34. The quantitative estimate of drug-likeness (QED) is 0.631. The van der Waals surface area contributed by atoms with Crippen LogP contribution in [0.5, 0.6) is 0 Å². The Kier molecular flexibility index (Phi) is 2.13. The van der Waals surface area contributed by atoms with Gasteiger partial charge in [-0.3, -0.25) is 0 Å². The van der Waals surface area contributed by atoms with Crippen LogP contribution in [0.4, 0.5) is 0 Å². The lowest BCUT2D eigenvalue weighted by Crippen LogP contribution is -2.34. The van der Waals surface area contributed by atoms with E-state index in [0.717, 1.165) is 19.3 Å². The average Bonchev–Trinajstić information content (AvgIpc) is 2.49. The SMILES string of the molecule is OC1(/N=N/C2CCCC2)CCC1. The predicted molar refractivity (Wildman–Crippen MR) is 45.9 cm³/mol. The molecule has 2 aliphatic carbocycles. The van der Waals surface area contributed by atoms with Gasteiger partial charge in [-0.25, -0.2) is 0 Å². The molecule has 0 aliphatic heterocycles. The molecule has 68 valence electrons. The summed E-state index contributed by atoms with van der Waals surface area (Å²) in [6, 6.07) is 0.412. The summed E-state index contributed by atoms with van der Waals surface area (Å²) in [7, 11) is 0. The first-order chi connectivity index (χ1) is 5.79. The fourth-order valence-corrected chi connectivity index (χ4v) is 1.80. The van der Waals surface area contributed by atoms with Crippen molar-refractivity contribution >= 4 is 0 Å². The van der Waals surface area contributed by atoms with Gasteiger partial charge >= 0.3 is 0 Å². The van der Waals surface area contributed by atoms with Crippen LogP contribution in [-0.4, -0.2) is 16.9 Å². The zero-order chi connectivity index (χ0) is 8.44. The molecule has 3 nitrogen and oxygen atoms in total. The van der Waals surface area contributed by atoms with E-state index < -0.39 is 5.72 Å². The Balaban J connectivity index is 1.83. The number of nitrogens with zero attached hydrogens (tertiary/aromatic N) is 2. The van der Waals surface area contributed by atoms with Crippen molar-refractivity contribution in [3.63, 3.8) is 0 Å². The van der Waals surface area contributed by atoms with Crippen LogP contribution in [0.25, 0.3) is 0 Å². The zero-order valence-electron chi connectivity index (χ0n) is 7.37. The second kappa shape index (κ2) is 3.13. The van der Waals surface area contributed by atoms with Crippen molar-refractivity contribution in [1.82, 2.24) is 0 Å². The Hall–Kier alpha value is -0.440. The molecular formula is C9H16N2O. The average molecular weight is 168 g/mol. The van der Waals surface area contributed by atoms with Crippen molar-refractivity contribution < 1.29 is 5.11 Å². The van der Waals surface area contributed by atoms with Crippen LogP contribution < -0.4 is 0 Å². The number of rotatable bonds is 2. The normalized spacial score (nSPS) is 29.4. The first kappa shape index (κ1) is 8.17. The Bertz CT molecular complexity index is 181. The van der Waals surface area contributed by atoms with E-state index in [1.807, 2.05) is 0 Å². The third-order valence-electron chi connectivity index (χ3n) is 2.89. The summed E-state index contributed by atoms with van der Waals surface area (Å²) in [5.74, 6) is 0. The molecule has 0 aromatic heterocycles. The maximum absolute atomic E-state index is 9.61. The van der Waals surface area contributed by atoms with E-state index in [1.54, 1.807) is 0 Å². The number of hydrogen-bond acceptors (Lipinski definition) is 3. The van der Waals surface area contributed by atoms with Crippen molar-refractivity contribution in [1.29, 1.82) is 0 Å². The van der Waals surface area contributed by atoms with Crippen LogP contribution >= 0.6 is 0 Å². The van der Waals surface area contributed by atoms with Gasteiger partial charge in [0.2, 0.25) is 0 Å². The van der Waals surface area contributed by atoms with Gasteiger partial charge in [0.1, 0.15) is 0 Å². The molecule has 0 unspecified atom stereocenters. The van der Waals surface area contributed by atoms with E-state index >= 15 is 0 Å². The van der Waals surface area contributed by atoms with E-state index in [-0.39, 0.29) is 0 Å². The van der Waals surface area contributed by atoms with Crippen LogP contribution in [0.1, 0.15) is 44.9 Å². The lowest BCUT2D eigenvalue weighted by molar-refractivity contribution is -0.0322. The standard InChI is InChI=1S/C9H16N2O/c12-9(6-3-7-9)11-10-8-4-1-2-5-8/h8,12H,1-7H2/b11-10+. The molecular weight excluding hydrogens is 152 g/mol. The molecule has 0 amide bonds. The summed E-state index contributed by atoms with van der Waals surface area (Å²) in [4.78, 5) is 0. The van der Waals surface area contributed by atoms with E-state index in [0.29, 0.717) is 6.04 Å². The molecule has 2 rings (SSSR count). The summed E-state index contributed by atoms with van der Waals surface area (Å²) in [6.07, 6.45) is 7.61. The minimum Gasteiger partial charge on any atom is -0.368 e. The zero-order valence-corrected chi connectivity index (χ0v) is 7.37. The lowest BCUT2D eigenvalue weighted by atomic mass is 9.89. The molecule has 1 N–H and O–H groups in total. The van der Waals surface area contributed by atoms with Gasteiger partial charge in [0.05, 0.1) is 6.04 Å². The summed E-state index contributed by atoms with van der Waals surface area (Å²) in [5.41, 5.74) is -0.761. The Morgan fingerprint density at radius 1 is 1.08 bits per heavy atom. The molecule has 2 saturated carbocycles. The van der Waals surface area contributed by atoms with Crippen molar-refractivity contribution in [2.45, 2.75) is 56.7 Å². The van der Waals surface area contributed by atoms with Gasteiger partial charge in [-0.2, -0.15) is 10.2 Å². The largest absolute Gasteiger partial charge is 0.368 e. The molecule has 0 spiro atoms. The lowest BCUT2D eigenvalue weighted by Gasteiger charge is -2.31. The molecule has 3 heteroatoms. The van der Waals surface area contributed by atoms with Crippen molar-refractivity contribution in [3.05, 3.63) is 0 Å². The maximum atomic E-state index is 9.61. The molecule has 0 heterocycles. The number of azo groups is 1. The fraction of sp³-hybridized carbons (Fsp3) is 1.00. The monoisotopic (exact) mass is 168 g/mol. The molecule has 0 saturated heterocycles. The van der Waals surface area contributed by atoms with Gasteiger partial charge in [-0.05, 0) is 32.1 Å². The fourth-order valence-electron chi connectivity index (χ4n) is 1.80. The van der Waals surface area contributed by atoms with E-state index in [9.17, 15) is 5.11 Å². The number of aliphatic hydroxyl groups is 1. The van der Waals surface area contributed by atoms with Crippen LogP contribution in [0.2, 0.25) is 0 Å². The first-order valence-electron chi connectivity index (χ1n) is 4.93. The van der Waals surface area contributed by atoms with Crippen LogP contribution in [0, 0.1) is 0 Å². The third kappa shape index (κ3) is 1.66. The van der Waals surface area contributed by atoms with Gasteiger partial charge in [0.25, 0.3) is 0 Å². The topological polar surface area (TPSA) is 45.0 Å². The van der Waals surface area contributed by atoms with Gasteiger partial charge in [-0.1, -0.05) is 12.8 Å². The molecule has 2 fully saturated rings. The maximum Gasteiger partial charge on any atom is 0.176 e. The van der Waals surface area contributed by atoms with Crippen molar-refractivity contribution in [2.24, 2.45) is 10.2 Å². The Morgan fingerprint density at radius 2 is 1.75 bits per heavy atom. The minimum absolute atomic E-state index is 0.412. The second-order valence-corrected chi connectivity index (χ2v) is 3.99. The van der Waals surface area contributed by atoms with Gasteiger partial charge < -0.3 is 5.11 Å². The minimum atomic E-state index is -0.761. The molecule has 0 aromatic carbocycles.